The molecule has 4 atom stereocenters. The highest BCUT2D eigenvalue weighted by Gasteiger charge is 2.42. The van der Waals surface area contributed by atoms with E-state index in [0.717, 1.165) is 36.6 Å². The van der Waals surface area contributed by atoms with E-state index in [1.165, 1.54) is 11.6 Å². The minimum atomic E-state index is -0.213. The molecule has 2 aliphatic rings. The second-order valence-corrected chi connectivity index (χ2v) is 8.92. The lowest BCUT2D eigenvalue weighted by molar-refractivity contribution is -0.117. The van der Waals surface area contributed by atoms with Crippen molar-refractivity contribution >= 4 is 22.6 Å². The first kappa shape index (κ1) is 19.7. The summed E-state index contributed by atoms with van der Waals surface area (Å²) >= 11 is 0. The van der Waals surface area contributed by atoms with Gasteiger partial charge in [-0.2, -0.15) is 0 Å². The number of terminal acetylenes is 1. The molecule has 3 aromatic rings. The lowest BCUT2D eigenvalue weighted by atomic mass is 9.89. The summed E-state index contributed by atoms with van der Waals surface area (Å²) in [5.41, 5.74) is 2.77. The maximum Gasteiger partial charge on any atom is 0.225 e. The minimum Gasteiger partial charge on any atom is -0.311 e. The maximum absolute atomic E-state index is 13.8. The van der Waals surface area contributed by atoms with Crippen molar-refractivity contribution in [2.24, 2.45) is 17.8 Å². The monoisotopic (exact) mass is 413 g/mol. The van der Waals surface area contributed by atoms with Crippen LogP contribution in [0.25, 0.3) is 10.9 Å². The molecule has 1 amide bonds. The van der Waals surface area contributed by atoms with E-state index in [1.807, 2.05) is 6.20 Å². The van der Waals surface area contributed by atoms with Crippen LogP contribution in [0.3, 0.4) is 0 Å². The molecule has 0 saturated heterocycles. The summed E-state index contributed by atoms with van der Waals surface area (Å²) in [5, 5.41) is 3.82. The van der Waals surface area contributed by atoms with Gasteiger partial charge in [0.1, 0.15) is 11.6 Å². The van der Waals surface area contributed by atoms with Crippen LogP contribution >= 0.6 is 0 Å². The van der Waals surface area contributed by atoms with Crippen molar-refractivity contribution in [3.05, 3.63) is 65.7 Å². The van der Waals surface area contributed by atoms with Gasteiger partial charge in [0, 0.05) is 29.8 Å². The van der Waals surface area contributed by atoms with Crippen LogP contribution in [-0.4, -0.2) is 15.9 Å². The number of pyridine rings is 2. The van der Waals surface area contributed by atoms with E-state index in [2.05, 4.69) is 27.3 Å². The number of carbonyl (C=O) groups is 1. The van der Waals surface area contributed by atoms with Gasteiger partial charge < -0.3 is 5.32 Å². The summed E-state index contributed by atoms with van der Waals surface area (Å²) in [6, 6.07) is 10.4. The zero-order valence-corrected chi connectivity index (χ0v) is 17.2. The second-order valence-electron chi connectivity index (χ2n) is 8.92. The van der Waals surface area contributed by atoms with E-state index in [0.29, 0.717) is 41.5 Å². The molecule has 156 valence electrons. The van der Waals surface area contributed by atoms with Gasteiger partial charge >= 0.3 is 0 Å². The van der Waals surface area contributed by atoms with Crippen LogP contribution in [0, 0.1) is 35.9 Å². The van der Waals surface area contributed by atoms with Crippen LogP contribution in [-0.2, 0) is 4.79 Å². The molecule has 2 heterocycles. The van der Waals surface area contributed by atoms with Gasteiger partial charge in [0.2, 0.25) is 5.91 Å². The fourth-order valence-corrected chi connectivity index (χ4v) is 5.67. The topological polar surface area (TPSA) is 54.9 Å². The molecule has 4 nitrogen and oxygen atoms in total. The van der Waals surface area contributed by atoms with E-state index < -0.39 is 0 Å². The summed E-state index contributed by atoms with van der Waals surface area (Å²) in [7, 11) is 0. The Bertz CT molecular complexity index is 1150. The summed E-state index contributed by atoms with van der Waals surface area (Å²) in [6.07, 6.45) is 13.7. The molecular weight excluding hydrogens is 389 g/mol. The second kappa shape index (κ2) is 8.11. The summed E-state index contributed by atoms with van der Waals surface area (Å²) in [6.45, 7) is 0. The van der Waals surface area contributed by atoms with E-state index in [9.17, 15) is 9.18 Å². The minimum absolute atomic E-state index is 0.0121. The Morgan fingerprint density at radius 1 is 1.10 bits per heavy atom. The number of nitrogens with one attached hydrogen (secondary N) is 1. The first-order valence-corrected chi connectivity index (χ1v) is 10.9. The van der Waals surface area contributed by atoms with Crippen LogP contribution in [0.15, 0.2) is 48.8 Å². The van der Waals surface area contributed by atoms with Crippen molar-refractivity contribution in [1.29, 1.82) is 0 Å². The Kier molecular flexibility index (Phi) is 5.15. The molecule has 0 aliphatic heterocycles. The van der Waals surface area contributed by atoms with Gasteiger partial charge in [0.05, 0.1) is 5.52 Å². The SMILES string of the molecule is C#Cc1ccc(NC(=O)CC2CC3CC(c4ccnc5ccc(F)cc45)C[C@@H]3C2)nc1. The van der Waals surface area contributed by atoms with Crippen molar-refractivity contribution < 1.29 is 9.18 Å². The molecule has 0 radical (unpaired) electrons. The number of hydrogen-bond acceptors (Lipinski definition) is 3. The number of fused-ring (bicyclic) bond motifs is 2. The smallest absolute Gasteiger partial charge is 0.225 e. The van der Waals surface area contributed by atoms with Gasteiger partial charge in [-0.1, -0.05) is 5.92 Å². The fraction of sp³-hybridized carbons (Fsp3) is 0.346. The van der Waals surface area contributed by atoms with Crippen molar-refractivity contribution in [2.75, 3.05) is 5.32 Å². The number of carbonyl (C=O) groups excluding carboxylic acids is 1. The van der Waals surface area contributed by atoms with E-state index in [1.54, 1.807) is 30.5 Å². The molecule has 5 rings (SSSR count). The molecule has 2 saturated carbocycles. The molecule has 3 unspecified atom stereocenters. The standard InChI is InChI=1S/C26H24FN3O/c1-2-16-3-6-25(29-15-16)30-26(31)11-17-9-18-12-20(13-19(18)10-17)22-7-8-28-24-5-4-21(27)14-23(22)24/h1,3-8,14-15,17-20H,9-13H2,(H,29,30,31)/t17?,18-,19?,20?/m0/s1. The molecule has 0 spiro atoms. The number of rotatable bonds is 4. The van der Waals surface area contributed by atoms with Crippen molar-refractivity contribution in [1.82, 2.24) is 9.97 Å². The average molecular weight is 413 g/mol. The van der Waals surface area contributed by atoms with Gasteiger partial charge in [0.15, 0.2) is 0 Å². The van der Waals surface area contributed by atoms with Gasteiger partial charge in [-0.05, 0) is 91.3 Å². The Morgan fingerprint density at radius 2 is 1.90 bits per heavy atom. The third-order valence-corrected chi connectivity index (χ3v) is 6.96. The molecule has 2 aromatic heterocycles. The van der Waals surface area contributed by atoms with Crippen LogP contribution < -0.4 is 5.32 Å². The Morgan fingerprint density at radius 3 is 2.61 bits per heavy atom. The van der Waals surface area contributed by atoms with Crippen molar-refractivity contribution in [3.63, 3.8) is 0 Å². The lowest BCUT2D eigenvalue weighted by Gasteiger charge is -2.17. The highest BCUT2D eigenvalue weighted by atomic mass is 19.1. The molecule has 5 heteroatoms. The van der Waals surface area contributed by atoms with Gasteiger partial charge in [-0.25, -0.2) is 9.37 Å². The number of benzene rings is 1. The Hall–Kier alpha value is -3.26. The van der Waals surface area contributed by atoms with Crippen LogP contribution in [0.5, 0.6) is 0 Å². The van der Waals surface area contributed by atoms with Crippen LogP contribution in [0.4, 0.5) is 10.2 Å². The van der Waals surface area contributed by atoms with Crippen molar-refractivity contribution in [3.8, 4) is 12.3 Å². The molecular formula is C26H24FN3O. The highest BCUT2D eigenvalue weighted by molar-refractivity contribution is 5.90. The lowest BCUT2D eigenvalue weighted by Crippen LogP contribution is -2.16. The van der Waals surface area contributed by atoms with Gasteiger partial charge in [-0.15, -0.1) is 6.42 Å². The normalized spacial score (nSPS) is 24.6. The number of halogens is 1. The molecule has 2 fully saturated rings. The summed E-state index contributed by atoms with van der Waals surface area (Å²) < 4.78 is 13.8. The van der Waals surface area contributed by atoms with Gasteiger partial charge in [-0.3, -0.25) is 9.78 Å². The molecule has 0 bridgehead atoms. The molecule has 2 aliphatic carbocycles. The summed E-state index contributed by atoms with van der Waals surface area (Å²) in [5.74, 6) is 4.97. The number of nitrogens with zero attached hydrogens (tertiary/aromatic N) is 2. The Balaban J connectivity index is 1.20. The predicted octanol–water partition coefficient (Wildman–Crippen LogP) is 5.30. The quantitative estimate of drug-likeness (QED) is 0.591. The summed E-state index contributed by atoms with van der Waals surface area (Å²) in [4.78, 5) is 21.1. The Labute approximate surface area is 181 Å². The largest absolute Gasteiger partial charge is 0.311 e. The van der Waals surface area contributed by atoms with E-state index in [4.69, 9.17) is 6.42 Å². The first-order chi connectivity index (χ1) is 15.1. The van der Waals surface area contributed by atoms with Crippen LogP contribution in [0.1, 0.15) is 49.1 Å². The number of hydrogen-bond donors (Lipinski definition) is 1. The van der Waals surface area contributed by atoms with Crippen LogP contribution in [0.2, 0.25) is 0 Å². The van der Waals surface area contributed by atoms with E-state index >= 15 is 0 Å². The maximum atomic E-state index is 13.8. The third-order valence-electron chi connectivity index (χ3n) is 6.96. The third kappa shape index (κ3) is 4.03. The molecule has 1 aromatic carbocycles. The zero-order chi connectivity index (χ0) is 21.4. The number of amides is 1. The molecule has 31 heavy (non-hydrogen) atoms. The fourth-order valence-electron chi connectivity index (χ4n) is 5.67. The highest BCUT2D eigenvalue weighted by Crippen LogP contribution is 2.53. The van der Waals surface area contributed by atoms with Crippen molar-refractivity contribution in [2.45, 2.75) is 38.0 Å². The predicted molar refractivity (Wildman–Crippen MR) is 119 cm³/mol. The number of aromatic nitrogens is 2. The first-order valence-electron chi connectivity index (χ1n) is 10.9. The zero-order valence-electron chi connectivity index (χ0n) is 17.2. The van der Waals surface area contributed by atoms with Gasteiger partial charge in [0.25, 0.3) is 0 Å². The number of anilines is 1. The molecule has 1 N–H and O–H groups in total. The average Bonchev–Trinajstić information content (AvgIpc) is 3.32. The van der Waals surface area contributed by atoms with E-state index in [-0.39, 0.29) is 11.7 Å².